The van der Waals surface area contributed by atoms with Crippen molar-refractivity contribution in [3.8, 4) is 0 Å². The maximum atomic E-state index is 3.50. The van der Waals surface area contributed by atoms with Gasteiger partial charge in [-0.1, -0.05) is 35.0 Å². The molecule has 0 atom stereocenters. The highest BCUT2D eigenvalue weighted by molar-refractivity contribution is 9.08. The van der Waals surface area contributed by atoms with E-state index in [2.05, 4.69) is 64.2 Å². The van der Waals surface area contributed by atoms with Crippen LogP contribution in [-0.2, 0) is 18.9 Å². The van der Waals surface area contributed by atoms with Gasteiger partial charge in [0.1, 0.15) is 0 Å². The molecule has 1 heterocycles. The minimum Gasteiger partial charge on any atom is -0.350 e. The lowest BCUT2D eigenvalue weighted by atomic mass is 10.1. The van der Waals surface area contributed by atoms with E-state index in [4.69, 9.17) is 0 Å². The summed E-state index contributed by atoms with van der Waals surface area (Å²) in [5, 5.41) is 5.74. The summed E-state index contributed by atoms with van der Waals surface area (Å²) in [4.78, 5) is 0. The summed E-state index contributed by atoms with van der Waals surface area (Å²) in [7, 11) is 2.11. The van der Waals surface area contributed by atoms with Crippen LogP contribution in [0.1, 0.15) is 24.5 Å². The average Bonchev–Trinajstić information content (AvgIpc) is 2.66. The topological polar surface area (TPSA) is 17.0 Å². The van der Waals surface area contributed by atoms with Crippen molar-refractivity contribution < 1.29 is 0 Å². The van der Waals surface area contributed by atoms with E-state index in [1.165, 1.54) is 28.5 Å². The molecule has 0 bridgehead atoms. The van der Waals surface area contributed by atoms with Crippen molar-refractivity contribution in [3.05, 3.63) is 35.5 Å². The number of hydrogen-bond acceptors (Lipinski definition) is 1. The normalized spacial score (nSPS) is 11.2. The Morgan fingerprint density at radius 1 is 1.35 bits per heavy atom. The second kappa shape index (κ2) is 5.69. The van der Waals surface area contributed by atoms with Crippen LogP contribution in [0.4, 0.5) is 0 Å². The van der Waals surface area contributed by atoms with Crippen LogP contribution in [0, 0.1) is 0 Å². The number of alkyl halides is 1. The summed E-state index contributed by atoms with van der Waals surface area (Å²) in [6.45, 7) is 4.23. The highest BCUT2D eigenvalue weighted by Gasteiger charge is 2.06. The van der Waals surface area contributed by atoms with Gasteiger partial charge in [0.25, 0.3) is 0 Å². The number of halogens is 1. The van der Waals surface area contributed by atoms with Gasteiger partial charge >= 0.3 is 0 Å². The molecule has 1 aromatic heterocycles. The third-order valence-electron chi connectivity index (χ3n) is 3.03. The van der Waals surface area contributed by atoms with E-state index >= 15 is 0 Å². The Balaban J connectivity index is 2.31. The van der Waals surface area contributed by atoms with Gasteiger partial charge in [-0.2, -0.15) is 0 Å². The van der Waals surface area contributed by atoms with Crippen LogP contribution < -0.4 is 5.32 Å². The second-order valence-electron chi connectivity index (χ2n) is 4.43. The van der Waals surface area contributed by atoms with Crippen LogP contribution >= 0.6 is 15.9 Å². The third-order valence-corrected chi connectivity index (χ3v) is 3.68. The zero-order valence-corrected chi connectivity index (χ0v) is 12.0. The Morgan fingerprint density at radius 3 is 2.88 bits per heavy atom. The maximum absolute atomic E-state index is 3.50. The van der Waals surface area contributed by atoms with Gasteiger partial charge < -0.3 is 9.88 Å². The van der Waals surface area contributed by atoms with Crippen LogP contribution in [0.25, 0.3) is 10.9 Å². The quantitative estimate of drug-likeness (QED) is 0.659. The van der Waals surface area contributed by atoms with Crippen molar-refractivity contribution in [2.24, 2.45) is 7.05 Å². The van der Waals surface area contributed by atoms with Crippen molar-refractivity contribution >= 4 is 26.8 Å². The molecule has 0 unspecified atom stereocenters. The first-order valence-electron chi connectivity index (χ1n) is 6.09. The molecule has 92 valence electrons. The summed E-state index contributed by atoms with van der Waals surface area (Å²) < 4.78 is 2.21. The van der Waals surface area contributed by atoms with Crippen molar-refractivity contribution in [2.75, 3.05) is 6.54 Å². The number of aromatic nitrogens is 1. The summed E-state index contributed by atoms with van der Waals surface area (Å²) in [6, 6.07) is 6.68. The minimum absolute atomic E-state index is 0.914. The molecule has 2 rings (SSSR count). The molecule has 0 aliphatic heterocycles. The van der Waals surface area contributed by atoms with Gasteiger partial charge in [-0.05, 0) is 30.2 Å². The number of nitrogens with one attached hydrogen (secondary N) is 1. The second-order valence-corrected chi connectivity index (χ2v) is 4.99. The summed E-state index contributed by atoms with van der Waals surface area (Å²) >= 11 is 3.50. The molecule has 2 aromatic rings. The van der Waals surface area contributed by atoms with Gasteiger partial charge in [0, 0.05) is 36.0 Å². The molecular formula is C14H19BrN2. The first kappa shape index (κ1) is 12.7. The highest BCUT2D eigenvalue weighted by Crippen LogP contribution is 2.22. The molecule has 0 radical (unpaired) electrons. The number of rotatable bonds is 5. The molecule has 0 saturated heterocycles. The van der Waals surface area contributed by atoms with Crippen molar-refractivity contribution in [1.82, 2.24) is 9.88 Å². The Morgan fingerprint density at radius 2 is 2.18 bits per heavy atom. The fourth-order valence-corrected chi connectivity index (χ4v) is 2.49. The number of benzene rings is 1. The fourth-order valence-electron chi connectivity index (χ4n) is 2.14. The molecule has 0 aliphatic carbocycles. The molecule has 17 heavy (non-hydrogen) atoms. The first-order valence-corrected chi connectivity index (χ1v) is 7.22. The van der Waals surface area contributed by atoms with Crippen molar-refractivity contribution in [2.45, 2.75) is 25.2 Å². The van der Waals surface area contributed by atoms with Crippen LogP contribution in [0.15, 0.2) is 24.4 Å². The van der Waals surface area contributed by atoms with Gasteiger partial charge in [-0.3, -0.25) is 0 Å². The lowest BCUT2D eigenvalue weighted by Crippen LogP contribution is -2.13. The summed E-state index contributed by atoms with van der Waals surface area (Å²) in [5.41, 5.74) is 4.03. The van der Waals surface area contributed by atoms with Gasteiger partial charge in [0.2, 0.25) is 0 Å². The summed E-state index contributed by atoms with van der Waals surface area (Å²) in [6.07, 6.45) is 3.41. The van der Waals surface area contributed by atoms with E-state index < -0.39 is 0 Å². The Hall–Kier alpha value is -0.800. The van der Waals surface area contributed by atoms with Gasteiger partial charge in [-0.25, -0.2) is 0 Å². The van der Waals surface area contributed by atoms with E-state index in [0.717, 1.165) is 18.4 Å². The van der Waals surface area contributed by atoms with Crippen LogP contribution in [-0.4, -0.2) is 11.1 Å². The smallest absolute Gasteiger partial charge is 0.0484 e. The molecule has 1 N–H and O–H groups in total. The average molecular weight is 295 g/mol. The first-order chi connectivity index (χ1) is 8.26. The fraction of sp³-hybridized carbons (Fsp3) is 0.429. The van der Waals surface area contributed by atoms with Gasteiger partial charge in [-0.15, -0.1) is 0 Å². The number of nitrogens with zero attached hydrogens (tertiary/aromatic N) is 1. The highest BCUT2D eigenvalue weighted by atomic mass is 79.9. The Bertz CT molecular complexity index is 502. The molecule has 0 aliphatic rings. The zero-order chi connectivity index (χ0) is 12.3. The molecule has 2 nitrogen and oxygen atoms in total. The Kier molecular flexibility index (Phi) is 4.24. The number of fused-ring (bicyclic) bond motifs is 1. The van der Waals surface area contributed by atoms with Gasteiger partial charge in [0.05, 0.1) is 0 Å². The predicted molar refractivity (Wildman–Crippen MR) is 77.5 cm³/mol. The van der Waals surface area contributed by atoms with Crippen LogP contribution in [0.3, 0.4) is 0 Å². The molecular weight excluding hydrogens is 276 g/mol. The molecule has 0 saturated carbocycles. The largest absolute Gasteiger partial charge is 0.350 e. The SMILES string of the molecule is CCCNCc1cn(C)c2cc(CBr)ccc12. The van der Waals surface area contributed by atoms with E-state index in [-0.39, 0.29) is 0 Å². The molecule has 3 heteroatoms. The third kappa shape index (κ3) is 2.72. The molecule has 0 spiro atoms. The van der Waals surface area contributed by atoms with E-state index in [0.29, 0.717) is 0 Å². The lowest BCUT2D eigenvalue weighted by molar-refractivity contribution is 0.676. The number of aryl methyl sites for hydroxylation is 1. The number of hydrogen-bond donors (Lipinski definition) is 1. The monoisotopic (exact) mass is 294 g/mol. The van der Waals surface area contributed by atoms with Crippen molar-refractivity contribution in [1.29, 1.82) is 0 Å². The van der Waals surface area contributed by atoms with Crippen LogP contribution in [0.5, 0.6) is 0 Å². The van der Waals surface area contributed by atoms with Crippen molar-refractivity contribution in [3.63, 3.8) is 0 Å². The summed E-state index contributed by atoms with van der Waals surface area (Å²) in [5.74, 6) is 0. The molecule has 0 fully saturated rings. The maximum Gasteiger partial charge on any atom is 0.0484 e. The van der Waals surface area contributed by atoms with E-state index in [9.17, 15) is 0 Å². The van der Waals surface area contributed by atoms with E-state index in [1.807, 2.05) is 0 Å². The van der Waals surface area contributed by atoms with E-state index in [1.54, 1.807) is 0 Å². The predicted octanol–water partition coefficient (Wildman–Crippen LogP) is 3.57. The minimum atomic E-state index is 0.914. The van der Waals surface area contributed by atoms with Crippen LogP contribution in [0.2, 0.25) is 0 Å². The lowest BCUT2D eigenvalue weighted by Gasteiger charge is -2.02. The zero-order valence-electron chi connectivity index (χ0n) is 10.5. The van der Waals surface area contributed by atoms with Gasteiger partial charge in [0.15, 0.2) is 0 Å². The Labute approximate surface area is 111 Å². The standard InChI is InChI=1S/C14H19BrN2/c1-3-6-16-9-12-10-17(2)14-7-11(8-15)4-5-13(12)14/h4-5,7,10,16H,3,6,8-9H2,1-2H3. The molecule has 0 amide bonds. The molecule has 1 aromatic carbocycles.